The van der Waals surface area contributed by atoms with Crippen molar-refractivity contribution in [2.24, 2.45) is 0 Å². The van der Waals surface area contributed by atoms with Crippen LogP contribution in [0.3, 0.4) is 0 Å². The van der Waals surface area contributed by atoms with Crippen LogP contribution in [0.2, 0.25) is 0 Å². The molecule has 6 heteroatoms. The Labute approximate surface area is 122 Å². The van der Waals surface area contributed by atoms with Crippen LogP contribution in [0.1, 0.15) is 36.9 Å². The summed E-state index contributed by atoms with van der Waals surface area (Å²) < 4.78 is 53.4. The third-order valence-electron chi connectivity index (χ3n) is 3.84. The van der Waals surface area contributed by atoms with Crippen molar-refractivity contribution in [2.45, 2.75) is 32.0 Å². The maximum Gasteiger partial charge on any atom is 0.419 e. The van der Waals surface area contributed by atoms with E-state index in [-0.39, 0.29) is 11.6 Å². The summed E-state index contributed by atoms with van der Waals surface area (Å²) in [4.78, 5) is 2.02. The summed E-state index contributed by atoms with van der Waals surface area (Å²) in [6.07, 6.45) is -3.32. The standard InChI is InChI=1S/C15H20F4N2/c1-2-4-13(21-9-7-20-8-10-21)11-5-3-6-12(16)14(11)15(17,18)19/h3,5-6,13,20H,2,4,7-10H2,1H3/t13-/m1/s1. The van der Waals surface area contributed by atoms with E-state index in [1.165, 1.54) is 12.1 Å². The summed E-state index contributed by atoms with van der Waals surface area (Å²) in [5.74, 6) is -1.18. The Bertz CT molecular complexity index is 467. The molecule has 0 unspecified atom stereocenters. The lowest BCUT2D eigenvalue weighted by molar-refractivity contribution is -0.141. The number of nitrogens with zero attached hydrogens (tertiary/aromatic N) is 1. The SMILES string of the molecule is CCC[C@H](c1cccc(F)c1C(F)(F)F)N1CCNCC1. The number of halogens is 4. The molecule has 0 saturated carbocycles. The predicted molar refractivity (Wildman–Crippen MR) is 73.5 cm³/mol. The van der Waals surface area contributed by atoms with Gasteiger partial charge in [0, 0.05) is 32.2 Å². The topological polar surface area (TPSA) is 15.3 Å². The number of alkyl halides is 3. The van der Waals surface area contributed by atoms with E-state index in [0.717, 1.165) is 25.6 Å². The van der Waals surface area contributed by atoms with Crippen LogP contribution in [0.5, 0.6) is 0 Å². The second-order valence-corrected chi connectivity index (χ2v) is 5.29. The highest BCUT2D eigenvalue weighted by atomic mass is 19.4. The molecule has 1 atom stereocenters. The first-order chi connectivity index (χ1) is 9.95. The molecule has 1 N–H and O–H groups in total. The number of benzene rings is 1. The molecule has 21 heavy (non-hydrogen) atoms. The van der Waals surface area contributed by atoms with Crippen LogP contribution in [-0.4, -0.2) is 31.1 Å². The number of rotatable bonds is 4. The van der Waals surface area contributed by atoms with Gasteiger partial charge in [-0.05, 0) is 18.1 Å². The maximum atomic E-state index is 13.8. The van der Waals surface area contributed by atoms with Crippen LogP contribution in [0, 0.1) is 5.82 Å². The van der Waals surface area contributed by atoms with E-state index in [0.29, 0.717) is 19.5 Å². The zero-order chi connectivity index (χ0) is 15.5. The van der Waals surface area contributed by atoms with Crippen molar-refractivity contribution in [3.8, 4) is 0 Å². The molecule has 1 aromatic rings. The summed E-state index contributed by atoms with van der Waals surface area (Å²) in [6.45, 7) is 4.78. The molecular formula is C15H20F4N2. The van der Waals surface area contributed by atoms with Crippen molar-refractivity contribution in [3.63, 3.8) is 0 Å². The van der Waals surface area contributed by atoms with Crippen LogP contribution in [0.25, 0.3) is 0 Å². The van der Waals surface area contributed by atoms with Crippen LogP contribution in [-0.2, 0) is 6.18 Å². The first-order valence-corrected chi connectivity index (χ1v) is 7.25. The van der Waals surface area contributed by atoms with E-state index in [1.54, 1.807) is 0 Å². The zero-order valence-electron chi connectivity index (χ0n) is 12.0. The molecule has 1 aliphatic rings. The van der Waals surface area contributed by atoms with Gasteiger partial charge >= 0.3 is 6.18 Å². The predicted octanol–water partition coefficient (Wildman–Crippen LogP) is 3.59. The van der Waals surface area contributed by atoms with Crippen molar-refractivity contribution in [1.82, 2.24) is 10.2 Å². The minimum absolute atomic E-state index is 0.0613. The van der Waals surface area contributed by atoms with Gasteiger partial charge in [0.1, 0.15) is 5.82 Å². The highest BCUT2D eigenvalue weighted by Gasteiger charge is 2.39. The zero-order valence-corrected chi connectivity index (χ0v) is 12.0. The Morgan fingerprint density at radius 3 is 2.48 bits per heavy atom. The number of piperazine rings is 1. The van der Waals surface area contributed by atoms with Crippen molar-refractivity contribution >= 4 is 0 Å². The Morgan fingerprint density at radius 1 is 1.24 bits per heavy atom. The first kappa shape index (κ1) is 16.2. The fourth-order valence-corrected chi connectivity index (χ4v) is 2.92. The average Bonchev–Trinajstić information content (AvgIpc) is 2.44. The van der Waals surface area contributed by atoms with E-state index < -0.39 is 17.6 Å². The third-order valence-corrected chi connectivity index (χ3v) is 3.84. The van der Waals surface area contributed by atoms with Crippen molar-refractivity contribution in [1.29, 1.82) is 0 Å². The molecule has 1 heterocycles. The van der Waals surface area contributed by atoms with E-state index >= 15 is 0 Å². The largest absolute Gasteiger partial charge is 0.419 e. The number of hydrogen-bond donors (Lipinski definition) is 1. The maximum absolute atomic E-state index is 13.8. The molecule has 0 spiro atoms. The van der Waals surface area contributed by atoms with Gasteiger partial charge in [-0.15, -0.1) is 0 Å². The molecule has 2 rings (SSSR count). The Balaban J connectivity index is 2.42. The van der Waals surface area contributed by atoms with Gasteiger partial charge in [-0.1, -0.05) is 25.5 Å². The molecule has 1 aliphatic heterocycles. The molecule has 0 aliphatic carbocycles. The molecule has 0 radical (unpaired) electrons. The summed E-state index contributed by atoms with van der Waals surface area (Å²) >= 11 is 0. The van der Waals surface area contributed by atoms with Crippen LogP contribution in [0.15, 0.2) is 18.2 Å². The molecule has 1 saturated heterocycles. The monoisotopic (exact) mass is 304 g/mol. The molecular weight excluding hydrogens is 284 g/mol. The van der Waals surface area contributed by atoms with Gasteiger partial charge in [0.25, 0.3) is 0 Å². The third kappa shape index (κ3) is 3.74. The molecule has 1 aromatic carbocycles. The van der Waals surface area contributed by atoms with Gasteiger partial charge in [-0.3, -0.25) is 4.90 Å². The van der Waals surface area contributed by atoms with Gasteiger partial charge in [0.05, 0.1) is 5.56 Å². The average molecular weight is 304 g/mol. The van der Waals surface area contributed by atoms with Crippen molar-refractivity contribution in [3.05, 3.63) is 35.1 Å². The van der Waals surface area contributed by atoms with E-state index in [2.05, 4.69) is 5.32 Å². The van der Waals surface area contributed by atoms with Gasteiger partial charge in [0.2, 0.25) is 0 Å². The molecule has 0 amide bonds. The number of hydrogen-bond acceptors (Lipinski definition) is 2. The molecule has 118 valence electrons. The number of nitrogens with one attached hydrogen (secondary N) is 1. The summed E-state index contributed by atoms with van der Waals surface area (Å²) in [5.41, 5.74) is -1.05. The van der Waals surface area contributed by atoms with Gasteiger partial charge in [-0.2, -0.15) is 13.2 Å². The van der Waals surface area contributed by atoms with Crippen LogP contribution in [0.4, 0.5) is 17.6 Å². The van der Waals surface area contributed by atoms with Crippen molar-refractivity contribution in [2.75, 3.05) is 26.2 Å². The quantitative estimate of drug-likeness (QED) is 0.855. The molecule has 2 nitrogen and oxygen atoms in total. The summed E-state index contributed by atoms with van der Waals surface area (Å²) in [6, 6.07) is 3.27. The summed E-state index contributed by atoms with van der Waals surface area (Å²) in [5, 5.41) is 3.18. The van der Waals surface area contributed by atoms with Gasteiger partial charge < -0.3 is 5.32 Å². The van der Waals surface area contributed by atoms with Gasteiger partial charge in [0.15, 0.2) is 0 Å². The minimum Gasteiger partial charge on any atom is -0.314 e. The fourth-order valence-electron chi connectivity index (χ4n) is 2.92. The smallest absolute Gasteiger partial charge is 0.314 e. The lowest BCUT2D eigenvalue weighted by Crippen LogP contribution is -2.45. The lowest BCUT2D eigenvalue weighted by Gasteiger charge is -2.36. The highest BCUT2D eigenvalue weighted by Crippen LogP contribution is 2.39. The minimum atomic E-state index is -4.67. The Hall–Kier alpha value is -1.14. The fraction of sp³-hybridized carbons (Fsp3) is 0.600. The van der Waals surface area contributed by atoms with Crippen molar-refractivity contribution < 1.29 is 17.6 Å². The van der Waals surface area contributed by atoms with E-state index in [9.17, 15) is 17.6 Å². The molecule has 0 aromatic heterocycles. The Kier molecular flexibility index (Phi) is 5.22. The Morgan fingerprint density at radius 2 is 1.90 bits per heavy atom. The second kappa shape index (κ2) is 6.75. The van der Waals surface area contributed by atoms with Crippen LogP contribution >= 0.6 is 0 Å². The van der Waals surface area contributed by atoms with Crippen LogP contribution < -0.4 is 5.32 Å². The lowest BCUT2D eigenvalue weighted by atomic mass is 9.94. The molecule has 1 fully saturated rings. The highest BCUT2D eigenvalue weighted by molar-refractivity contribution is 5.34. The normalized spacial score (nSPS) is 18.7. The molecule has 0 bridgehead atoms. The van der Waals surface area contributed by atoms with E-state index in [1.807, 2.05) is 11.8 Å². The second-order valence-electron chi connectivity index (χ2n) is 5.29. The summed E-state index contributed by atoms with van der Waals surface area (Å²) in [7, 11) is 0. The van der Waals surface area contributed by atoms with Gasteiger partial charge in [-0.25, -0.2) is 4.39 Å². The first-order valence-electron chi connectivity index (χ1n) is 7.25. The van der Waals surface area contributed by atoms with E-state index in [4.69, 9.17) is 0 Å².